The van der Waals surface area contributed by atoms with Gasteiger partial charge in [-0.15, -0.1) is 0 Å². The van der Waals surface area contributed by atoms with Crippen molar-refractivity contribution < 1.29 is 13.6 Å². The smallest absolute Gasteiger partial charge is 0.197 e. The molecule has 0 radical (unpaired) electrons. The van der Waals surface area contributed by atoms with Crippen LogP contribution in [0.1, 0.15) is 28.9 Å². The van der Waals surface area contributed by atoms with Crippen LogP contribution in [-0.2, 0) is 0 Å². The van der Waals surface area contributed by atoms with Crippen LogP contribution in [-0.4, -0.2) is 22.6 Å². The van der Waals surface area contributed by atoms with Gasteiger partial charge in [0.1, 0.15) is 5.84 Å². The molecule has 2 atom stereocenters. The molecule has 0 fully saturated rings. The summed E-state index contributed by atoms with van der Waals surface area (Å²) in [5.41, 5.74) is 1.10. The van der Waals surface area contributed by atoms with E-state index in [4.69, 9.17) is 0 Å². The molecule has 2 heterocycles. The molecule has 5 heteroatoms. The molecule has 26 heavy (non-hydrogen) atoms. The normalized spacial score (nSPS) is 21.3. The zero-order chi connectivity index (χ0) is 18.3. The molecule has 0 saturated carbocycles. The molecule has 130 valence electrons. The van der Waals surface area contributed by atoms with Gasteiger partial charge < -0.3 is 4.90 Å². The lowest BCUT2D eigenvalue weighted by Crippen LogP contribution is -2.29. The van der Waals surface area contributed by atoms with Crippen molar-refractivity contribution in [3.05, 3.63) is 95.2 Å². The predicted octanol–water partition coefficient (Wildman–Crippen LogP) is 4.45. The maximum Gasteiger partial charge on any atom is 0.197 e. The Labute approximate surface area is 150 Å². The number of aliphatic imine (C=N–C) groups is 1. The fraction of sp³-hybridized carbons (Fsp3) is 0.143. The van der Waals surface area contributed by atoms with Crippen LogP contribution in [0.25, 0.3) is 0 Å². The Bertz CT molecular complexity index is 963. The average Bonchev–Trinajstić information content (AvgIpc) is 2.99. The number of allylic oxidation sites excluding steroid dienone is 2. The molecule has 0 bridgehead atoms. The van der Waals surface area contributed by atoms with Crippen molar-refractivity contribution in [3.63, 3.8) is 0 Å². The number of fused-ring (bicyclic) bond motifs is 1. The molecule has 0 aliphatic carbocycles. The lowest BCUT2D eigenvalue weighted by molar-refractivity contribution is 0.103. The average molecular weight is 350 g/mol. The van der Waals surface area contributed by atoms with Gasteiger partial charge in [0.15, 0.2) is 17.4 Å². The van der Waals surface area contributed by atoms with Crippen molar-refractivity contribution in [1.82, 2.24) is 4.90 Å². The van der Waals surface area contributed by atoms with Crippen LogP contribution >= 0.6 is 0 Å². The van der Waals surface area contributed by atoms with E-state index in [1.807, 2.05) is 42.2 Å². The molecule has 4 rings (SSSR count). The van der Waals surface area contributed by atoms with E-state index in [1.54, 1.807) is 18.4 Å². The number of nitrogens with zero attached hydrogens (tertiary/aromatic N) is 2. The molecule has 2 aliphatic rings. The van der Waals surface area contributed by atoms with E-state index in [-0.39, 0.29) is 17.6 Å². The number of ketones is 1. The number of hydrogen-bond donors (Lipinski definition) is 0. The van der Waals surface area contributed by atoms with Crippen molar-refractivity contribution in [3.8, 4) is 0 Å². The SMILES string of the molecule is CC1N=C2C=CC(C(=O)c3cccc(F)c3F)=CN2C1c1ccccc1. The molecule has 0 aromatic heterocycles. The first kappa shape index (κ1) is 16.4. The number of Topliss-reactive ketones (excluding diaryl/α,β-unsaturated/α-hetero) is 1. The molecule has 0 amide bonds. The molecule has 0 spiro atoms. The van der Waals surface area contributed by atoms with Crippen molar-refractivity contribution in [2.45, 2.75) is 19.0 Å². The first-order chi connectivity index (χ1) is 12.6. The van der Waals surface area contributed by atoms with Crippen LogP contribution in [0, 0.1) is 11.6 Å². The van der Waals surface area contributed by atoms with Crippen LogP contribution in [0.4, 0.5) is 8.78 Å². The summed E-state index contributed by atoms with van der Waals surface area (Å²) >= 11 is 0. The Morgan fingerprint density at radius 2 is 1.81 bits per heavy atom. The van der Waals surface area contributed by atoms with E-state index in [0.717, 1.165) is 17.5 Å². The van der Waals surface area contributed by atoms with Crippen LogP contribution in [0.15, 0.2) is 77.4 Å². The summed E-state index contributed by atoms with van der Waals surface area (Å²) < 4.78 is 27.5. The zero-order valence-electron chi connectivity index (χ0n) is 14.1. The second-order valence-electron chi connectivity index (χ2n) is 6.34. The highest BCUT2D eigenvalue weighted by atomic mass is 19.2. The summed E-state index contributed by atoms with van der Waals surface area (Å²) in [6.07, 6.45) is 5.01. The van der Waals surface area contributed by atoms with Crippen molar-refractivity contribution >= 4 is 11.6 Å². The van der Waals surface area contributed by atoms with Crippen molar-refractivity contribution in [1.29, 1.82) is 0 Å². The summed E-state index contributed by atoms with van der Waals surface area (Å²) in [6, 6.07) is 13.5. The zero-order valence-corrected chi connectivity index (χ0v) is 14.1. The standard InChI is InChI=1S/C21H16F2N2O/c1-13-20(14-6-3-2-4-7-14)25-12-15(10-11-18(25)24-13)21(26)16-8-5-9-17(22)19(16)23/h2-13,20H,1H3. The van der Waals surface area contributed by atoms with E-state index in [9.17, 15) is 13.6 Å². The Kier molecular flexibility index (Phi) is 3.99. The largest absolute Gasteiger partial charge is 0.323 e. The highest BCUT2D eigenvalue weighted by molar-refractivity contribution is 6.13. The second kappa shape index (κ2) is 6.33. The fourth-order valence-corrected chi connectivity index (χ4v) is 3.41. The maximum atomic E-state index is 14.0. The number of carbonyl (C=O) groups is 1. The minimum absolute atomic E-state index is 0.00802. The van der Waals surface area contributed by atoms with Crippen molar-refractivity contribution in [2.75, 3.05) is 0 Å². The molecular weight excluding hydrogens is 334 g/mol. The number of rotatable bonds is 3. The summed E-state index contributed by atoms with van der Waals surface area (Å²) in [7, 11) is 0. The first-order valence-electron chi connectivity index (χ1n) is 8.36. The summed E-state index contributed by atoms with van der Waals surface area (Å²) in [6.45, 7) is 2.01. The molecule has 3 nitrogen and oxygen atoms in total. The summed E-state index contributed by atoms with van der Waals surface area (Å²) in [5, 5.41) is 0. The third kappa shape index (κ3) is 2.65. The topological polar surface area (TPSA) is 32.7 Å². The van der Waals surface area contributed by atoms with Crippen LogP contribution in [0.2, 0.25) is 0 Å². The molecule has 0 saturated heterocycles. The lowest BCUT2D eigenvalue weighted by Gasteiger charge is -2.28. The Morgan fingerprint density at radius 3 is 2.58 bits per heavy atom. The third-order valence-corrected chi connectivity index (χ3v) is 4.65. The molecule has 2 aliphatic heterocycles. The maximum absolute atomic E-state index is 14.0. The van der Waals surface area contributed by atoms with Gasteiger partial charge in [0.25, 0.3) is 0 Å². The minimum atomic E-state index is -1.12. The third-order valence-electron chi connectivity index (χ3n) is 4.65. The fourth-order valence-electron chi connectivity index (χ4n) is 3.41. The van der Waals surface area contributed by atoms with E-state index in [2.05, 4.69) is 4.99 Å². The highest BCUT2D eigenvalue weighted by Gasteiger charge is 2.35. The van der Waals surface area contributed by atoms with E-state index < -0.39 is 17.4 Å². The van der Waals surface area contributed by atoms with Crippen LogP contribution < -0.4 is 0 Å². The van der Waals surface area contributed by atoms with Gasteiger partial charge >= 0.3 is 0 Å². The second-order valence-corrected chi connectivity index (χ2v) is 6.34. The van der Waals surface area contributed by atoms with Gasteiger partial charge in [0.05, 0.1) is 17.6 Å². The minimum Gasteiger partial charge on any atom is -0.323 e. The van der Waals surface area contributed by atoms with Crippen LogP contribution in [0.5, 0.6) is 0 Å². The monoisotopic (exact) mass is 350 g/mol. The van der Waals surface area contributed by atoms with Crippen LogP contribution in [0.3, 0.4) is 0 Å². The molecule has 2 aromatic rings. The van der Waals surface area contributed by atoms with E-state index in [1.165, 1.54) is 12.1 Å². The van der Waals surface area contributed by atoms with E-state index >= 15 is 0 Å². The summed E-state index contributed by atoms with van der Waals surface area (Å²) in [4.78, 5) is 19.2. The van der Waals surface area contributed by atoms with E-state index in [0.29, 0.717) is 5.57 Å². The number of benzene rings is 2. The predicted molar refractivity (Wildman–Crippen MR) is 95.8 cm³/mol. The van der Waals surface area contributed by atoms with Gasteiger partial charge in [0.2, 0.25) is 0 Å². The lowest BCUT2D eigenvalue weighted by atomic mass is 9.98. The first-order valence-corrected chi connectivity index (χ1v) is 8.36. The molecule has 0 N–H and O–H groups in total. The number of hydrogen-bond acceptors (Lipinski definition) is 3. The van der Waals surface area contributed by atoms with Gasteiger partial charge in [-0.2, -0.15) is 0 Å². The van der Waals surface area contributed by atoms with Gasteiger partial charge in [0, 0.05) is 11.8 Å². The quantitative estimate of drug-likeness (QED) is 0.767. The Morgan fingerprint density at radius 1 is 1.04 bits per heavy atom. The van der Waals surface area contributed by atoms with Crippen molar-refractivity contribution in [2.24, 2.45) is 4.99 Å². The molecule has 2 unspecified atom stereocenters. The van der Waals surface area contributed by atoms with Gasteiger partial charge in [-0.1, -0.05) is 36.4 Å². The highest BCUT2D eigenvalue weighted by Crippen LogP contribution is 2.35. The van der Waals surface area contributed by atoms with Gasteiger partial charge in [-0.05, 0) is 36.8 Å². The Balaban J connectivity index is 1.71. The number of halogens is 2. The molecular formula is C21H16F2N2O. The van der Waals surface area contributed by atoms with Gasteiger partial charge in [-0.3, -0.25) is 9.79 Å². The number of carbonyl (C=O) groups excluding carboxylic acids is 1. The molecule has 2 aromatic carbocycles. The summed E-state index contributed by atoms with van der Waals surface area (Å²) in [5.74, 6) is -1.96. The Hall–Kier alpha value is -3.08. The number of amidine groups is 1. The van der Waals surface area contributed by atoms with Gasteiger partial charge in [-0.25, -0.2) is 8.78 Å².